The van der Waals surface area contributed by atoms with E-state index in [4.69, 9.17) is 6.57 Å². The Morgan fingerprint density at radius 3 is 2.71 bits per heavy atom. The zero-order chi connectivity index (χ0) is 17.1. The molecule has 3 rings (SSSR count). The fraction of sp³-hybridized carbons (Fsp3) is 0.105. The van der Waals surface area contributed by atoms with Crippen molar-refractivity contribution in [2.75, 3.05) is 0 Å². The average molecular weight is 316 g/mol. The van der Waals surface area contributed by atoms with Crippen molar-refractivity contribution in [3.05, 3.63) is 82.5 Å². The van der Waals surface area contributed by atoms with Gasteiger partial charge < -0.3 is 0 Å². The van der Waals surface area contributed by atoms with Crippen molar-refractivity contribution in [1.29, 1.82) is 0 Å². The first-order valence-corrected chi connectivity index (χ1v) is 7.26. The number of nitrogens with zero attached hydrogens (tertiary/aromatic N) is 4. The maximum atomic E-state index is 13.7. The lowest BCUT2D eigenvalue weighted by atomic mass is 10.2. The lowest BCUT2D eigenvalue weighted by Crippen LogP contribution is -1.99. The van der Waals surface area contributed by atoms with Crippen molar-refractivity contribution >= 4 is 5.69 Å². The second-order valence-electron chi connectivity index (χ2n) is 5.20. The molecule has 5 heteroatoms. The molecule has 2 aromatic heterocycles. The molecular formula is C19H13FN4. The number of hydrogen-bond donors (Lipinski definition) is 0. The number of benzene rings is 1. The van der Waals surface area contributed by atoms with Crippen LogP contribution in [-0.4, -0.2) is 14.8 Å². The van der Waals surface area contributed by atoms with Crippen LogP contribution in [0.4, 0.5) is 10.1 Å². The van der Waals surface area contributed by atoms with E-state index in [0.29, 0.717) is 11.4 Å². The van der Waals surface area contributed by atoms with Gasteiger partial charge in [-0.3, -0.25) is 0 Å². The summed E-state index contributed by atoms with van der Waals surface area (Å²) in [5, 5.41) is 4.43. The molecule has 116 valence electrons. The van der Waals surface area contributed by atoms with Crippen LogP contribution >= 0.6 is 0 Å². The van der Waals surface area contributed by atoms with Crippen molar-refractivity contribution in [2.24, 2.45) is 0 Å². The third-order valence-electron chi connectivity index (χ3n) is 3.51. The lowest BCUT2D eigenvalue weighted by molar-refractivity contribution is 0.626. The Morgan fingerprint density at radius 2 is 2.00 bits per heavy atom. The highest BCUT2D eigenvalue weighted by molar-refractivity contribution is 5.54. The fourth-order valence-corrected chi connectivity index (χ4v) is 2.38. The van der Waals surface area contributed by atoms with Crippen LogP contribution in [0.25, 0.3) is 10.5 Å². The van der Waals surface area contributed by atoms with Gasteiger partial charge in [0, 0.05) is 6.20 Å². The number of halogens is 1. The Balaban J connectivity index is 2.07. The molecular weight excluding hydrogens is 303 g/mol. The van der Waals surface area contributed by atoms with Gasteiger partial charge in [0.05, 0.1) is 29.2 Å². The van der Waals surface area contributed by atoms with Crippen LogP contribution in [0.5, 0.6) is 0 Å². The Kier molecular flexibility index (Phi) is 4.09. The highest BCUT2D eigenvalue weighted by atomic mass is 19.1. The van der Waals surface area contributed by atoms with Gasteiger partial charge in [-0.15, -0.1) is 0 Å². The summed E-state index contributed by atoms with van der Waals surface area (Å²) in [5.74, 6) is 5.62. The molecule has 0 spiro atoms. The number of aryl methyl sites for hydroxylation is 1. The monoisotopic (exact) mass is 316 g/mol. The predicted molar refractivity (Wildman–Crippen MR) is 89.5 cm³/mol. The van der Waals surface area contributed by atoms with E-state index in [1.807, 2.05) is 32.0 Å². The van der Waals surface area contributed by atoms with Gasteiger partial charge >= 0.3 is 0 Å². The molecule has 1 aromatic carbocycles. The summed E-state index contributed by atoms with van der Waals surface area (Å²) in [6.45, 7) is 10.8. The molecule has 0 saturated heterocycles. The lowest BCUT2D eigenvalue weighted by Gasteiger charge is -2.05. The van der Waals surface area contributed by atoms with Gasteiger partial charge in [0.15, 0.2) is 5.69 Å². The largest absolute Gasteiger partial charge is 0.248 e. The molecule has 0 radical (unpaired) electrons. The Morgan fingerprint density at radius 1 is 1.17 bits per heavy atom. The van der Waals surface area contributed by atoms with Gasteiger partial charge in [0.1, 0.15) is 11.5 Å². The van der Waals surface area contributed by atoms with Crippen molar-refractivity contribution in [2.45, 2.75) is 13.8 Å². The summed E-state index contributed by atoms with van der Waals surface area (Å²) >= 11 is 0. The van der Waals surface area contributed by atoms with Gasteiger partial charge in [-0.1, -0.05) is 12.0 Å². The van der Waals surface area contributed by atoms with E-state index in [1.165, 1.54) is 12.1 Å². The maximum Gasteiger partial charge on any atom is 0.192 e. The molecule has 3 aromatic rings. The third kappa shape index (κ3) is 3.02. The topological polar surface area (TPSA) is 35.1 Å². The summed E-state index contributed by atoms with van der Waals surface area (Å²) in [6, 6.07) is 9.69. The molecule has 2 heterocycles. The molecule has 0 atom stereocenters. The molecule has 4 nitrogen and oxygen atoms in total. The quantitative estimate of drug-likeness (QED) is 0.503. The number of hydrogen-bond acceptors (Lipinski definition) is 2. The van der Waals surface area contributed by atoms with Crippen LogP contribution in [-0.2, 0) is 0 Å². The van der Waals surface area contributed by atoms with E-state index >= 15 is 0 Å². The molecule has 0 unspecified atom stereocenters. The predicted octanol–water partition coefficient (Wildman–Crippen LogP) is 3.97. The van der Waals surface area contributed by atoms with E-state index < -0.39 is 5.82 Å². The Hall–Kier alpha value is -3.44. The number of rotatable bonds is 1. The Labute approximate surface area is 139 Å². The molecule has 24 heavy (non-hydrogen) atoms. The third-order valence-corrected chi connectivity index (χ3v) is 3.51. The molecule has 0 amide bonds. The first-order valence-electron chi connectivity index (χ1n) is 7.26. The van der Waals surface area contributed by atoms with Gasteiger partial charge in [0.2, 0.25) is 0 Å². The van der Waals surface area contributed by atoms with Crippen LogP contribution < -0.4 is 0 Å². The van der Waals surface area contributed by atoms with Crippen LogP contribution in [0.15, 0.2) is 42.6 Å². The summed E-state index contributed by atoms with van der Waals surface area (Å²) < 4.78 is 15.3. The highest BCUT2D eigenvalue weighted by Crippen LogP contribution is 2.23. The van der Waals surface area contributed by atoms with Gasteiger partial charge in [-0.25, -0.2) is 18.9 Å². The summed E-state index contributed by atoms with van der Waals surface area (Å²) in [6.07, 6.45) is 1.69. The molecule has 0 aliphatic rings. The van der Waals surface area contributed by atoms with Gasteiger partial charge in [-0.2, -0.15) is 5.10 Å². The Bertz CT molecular complexity index is 1000. The molecule has 0 N–H and O–H groups in total. The summed E-state index contributed by atoms with van der Waals surface area (Å²) in [4.78, 5) is 7.45. The van der Waals surface area contributed by atoms with Crippen LogP contribution in [0.2, 0.25) is 0 Å². The minimum absolute atomic E-state index is 0.235. The molecule has 0 saturated carbocycles. The molecule has 0 aliphatic carbocycles. The zero-order valence-electron chi connectivity index (χ0n) is 13.2. The van der Waals surface area contributed by atoms with Crippen molar-refractivity contribution in [3.8, 4) is 17.5 Å². The number of pyridine rings is 1. The van der Waals surface area contributed by atoms with E-state index in [-0.39, 0.29) is 5.69 Å². The highest BCUT2D eigenvalue weighted by Gasteiger charge is 2.12. The first-order chi connectivity index (χ1) is 11.6. The smallest absolute Gasteiger partial charge is 0.192 e. The van der Waals surface area contributed by atoms with E-state index in [1.54, 1.807) is 16.9 Å². The standard InChI is InChI=1S/C19H13FN4/c1-13-19(8-7-16-6-4-5-9-22-16)14(2)24(23-13)18-11-15(20)10-17(12-18)21-3/h4-6,9-12H,1-2H3. The first kappa shape index (κ1) is 15.5. The summed E-state index contributed by atoms with van der Waals surface area (Å²) in [7, 11) is 0. The molecule has 0 bridgehead atoms. The van der Waals surface area contributed by atoms with Crippen LogP contribution in [0.1, 0.15) is 22.6 Å². The van der Waals surface area contributed by atoms with E-state index in [2.05, 4.69) is 26.8 Å². The maximum absolute atomic E-state index is 13.7. The van der Waals surface area contributed by atoms with Crippen molar-refractivity contribution < 1.29 is 4.39 Å². The van der Waals surface area contributed by atoms with Crippen molar-refractivity contribution in [1.82, 2.24) is 14.8 Å². The molecule has 0 aliphatic heterocycles. The molecule has 0 fully saturated rings. The van der Waals surface area contributed by atoms with Gasteiger partial charge in [0.25, 0.3) is 0 Å². The second kappa shape index (κ2) is 6.36. The minimum Gasteiger partial charge on any atom is -0.248 e. The van der Waals surface area contributed by atoms with E-state index in [0.717, 1.165) is 17.0 Å². The van der Waals surface area contributed by atoms with Crippen LogP contribution in [0, 0.1) is 38.1 Å². The van der Waals surface area contributed by atoms with Crippen LogP contribution in [0.3, 0.4) is 0 Å². The SMILES string of the molecule is [C-]#[N+]c1cc(F)cc(-n2nc(C)c(C#Cc3ccccn3)c2C)c1. The number of aromatic nitrogens is 3. The summed E-state index contributed by atoms with van der Waals surface area (Å²) in [5.41, 5.74) is 3.72. The fourth-order valence-electron chi connectivity index (χ4n) is 2.38. The van der Waals surface area contributed by atoms with Crippen molar-refractivity contribution in [3.63, 3.8) is 0 Å². The zero-order valence-corrected chi connectivity index (χ0v) is 13.2. The second-order valence-corrected chi connectivity index (χ2v) is 5.20. The minimum atomic E-state index is -0.466. The van der Waals surface area contributed by atoms with Gasteiger partial charge in [-0.05, 0) is 50.1 Å². The van der Waals surface area contributed by atoms with E-state index in [9.17, 15) is 4.39 Å². The normalized spacial score (nSPS) is 9.92. The average Bonchev–Trinajstić information content (AvgIpc) is 2.87.